The lowest BCUT2D eigenvalue weighted by Gasteiger charge is -2.27. The minimum Gasteiger partial charge on any atom is -0.481 e. The number of rotatable bonds is 6. The Morgan fingerprint density at radius 1 is 1.26 bits per heavy atom. The van der Waals surface area contributed by atoms with Crippen LogP contribution in [0.3, 0.4) is 0 Å². The molecule has 1 unspecified atom stereocenters. The van der Waals surface area contributed by atoms with Gasteiger partial charge in [0.15, 0.2) is 0 Å². The van der Waals surface area contributed by atoms with Crippen LogP contribution in [0.5, 0.6) is 0 Å². The van der Waals surface area contributed by atoms with Gasteiger partial charge >= 0.3 is 12.1 Å². The molecule has 1 N–H and O–H groups in total. The molecule has 27 heavy (non-hydrogen) atoms. The molecule has 0 bridgehead atoms. The molecule has 6 heteroatoms. The van der Waals surface area contributed by atoms with E-state index in [-0.39, 0.29) is 13.1 Å². The number of aliphatic carboxylic acids is 1. The Kier molecular flexibility index (Phi) is 6.99. The smallest absolute Gasteiger partial charge is 0.410 e. The summed E-state index contributed by atoms with van der Waals surface area (Å²) in [5.74, 6) is -2.33. The fraction of sp³-hybridized carbons (Fsp3) is 0.524. The van der Waals surface area contributed by atoms with Crippen LogP contribution in [0.1, 0.15) is 45.6 Å². The Labute approximate surface area is 159 Å². The third-order valence-electron chi connectivity index (χ3n) is 4.50. The average Bonchev–Trinajstić information content (AvgIpc) is 3.08. The Morgan fingerprint density at radius 2 is 1.93 bits per heavy atom. The van der Waals surface area contributed by atoms with Gasteiger partial charge in [0.1, 0.15) is 11.4 Å². The van der Waals surface area contributed by atoms with Crippen LogP contribution in [0.4, 0.5) is 9.18 Å². The molecule has 1 saturated carbocycles. The molecule has 2 rings (SSSR count). The van der Waals surface area contributed by atoms with E-state index in [1.54, 1.807) is 20.8 Å². The molecule has 1 aromatic carbocycles. The van der Waals surface area contributed by atoms with Crippen LogP contribution < -0.4 is 0 Å². The summed E-state index contributed by atoms with van der Waals surface area (Å²) in [5, 5.41) is 9.27. The van der Waals surface area contributed by atoms with E-state index in [1.807, 2.05) is 30.3 Å². The summed E-state index contributed by atoms with van der Waals surface area (Å²) in [7, 11) is 0. The van der Waals surface area contributed by atoms with Crippen LogP contribution in [0.2, 0.25) is 0 Å². The standard InChI is InChI=1S/C21H28FNO4/c1-21(2,3)27-20(26)23(13-12-15-8-5-4-6-9-15)14-18(22)16-10-7-11-17(16)19(24)25/h4-6,8-9,17H,7,10-14H2,1-3H3,(H,24,25)/b18-16+. The first kappa shape index (κ1) is 20.9. The molecule has 0 aromatic heterocycles. The molecule has 5 nitrogen and oxygen atoms in total. The normalized spacial score (nSPS) is 18.9. The fourth-order valence-corrected chi connectivity index (χ4v) is 3.18. The Balaban J connectivity index is 2.15. The molecule has 1 aromatic rings. The van der Waals surface area contributed by atoms with E-state index in [0.717, 1.165) is 5.56 Å². The molecule has 1 aliphatic carbocycles. The van der Waals surface area contributed by atoms with Gasteiger partial charge < -0.3 is 14.7 Å². The first-order valence-corrected chi connectivity index (χ1v) is 9.29. The van der Waals surface area contributed by atoms with E-state index in [2.05, 4.69) is 0 Å². The number of carboxylic acids is 1. The van der Waals surface area contributed by atoms with Gasteiger partial charge in [-0.3, -0.25) is 4.79 Å². The van der Waals surface area contributed by atoms with Crippen LogP contribution in [-0.2, 0) is 16.0 Å². The van der Waals surface area contributed by atoms with Crippen LogP contribution >= 0.6 is 0 Å². The van der Waals surface area contributed by atoms with Crippen molar-refractivity contribution in [1.29, 1.82) is 0 Å². The summed E-state index contributed by atoms with van der Waals surface area (Å²) in [6.45, 7) is 5.30. The lowest BCUT2D eigenvalue weighted by molar-refractivity contribution is -0.140. The van der Waals surface area contributed by atoms with Crippen molar-refractivity contribution in [1.82, 2.24) is 4.90 Å². The molecule has 1 atom stereocenters. The van der Waals surface area contributed by atoms with Crippen molar-refractivity contribution in [3.8, 4) is 0 Å². The molecular weight excluding hydrogens is 349 g/mol. The molecule has 1 fully saturated rings. The van der Waals surface area contributed by atoms with Gasteiger partial charge in [-0.1, -0.05) is 30.3 Å². The second-order valence-electron chi connectivity index (χ2n) is 7.85. The number of hydrogen-bond acceptors (Lipinski definition) is 3. The number of carbonyl (C=O) groups is 2. The van der Waals surface area contributed by atoms with E-state index < -0.39 is 29.4 Å². The van der Waals surface area contributed by atoms with Crippen molar-refractivity contribution in [2.45, 2.75) is 52.1 Å². The van der Waals surface area contributed by atoms with Gasteiger partial charge in [0.05, 0.1) is 12.5 Å². The van der Waals surface area contributed by atoms with E-state index in [9.17, 15) is 19.1 Å². The van der Waals surface area contributed by atoms with Crippen LogP contribution in [0.15, 0.2) is 41.7 Å². The summed E-state index contributed by atoms with van der Waals surface area (Å²) >= 11 is 0. The zero-order valence-electron chi connectivity index (χ0n) is 16.2. The number of carbonyl (C=O) groups excluding carboxylic acids is 1. The molecule has 0 radical (unpaired) electrons. The van der Waals surface area contributed by atoms with E-state index in [1.165, 1.54) is 4.90 Å². The quantitative estimate of drug-likeness (QED) is 0.788. The Hall–Kier alpha value is -2.37. The molecule has 0 aliphatic heterocycles. The highest BCUT2D eigenvalue weighted by Crippen LogP contribution is 2.34. The summed E-state index contributed by atoms with van der Waals surface area (Å²) in [4.78, 5) is 25.2. The average molecular weight is 377 g/mol. The van der Waals surface area contributed by atoms with Crippen molar-refractivity contribution < 1.29 is 23.8 Å². The third-order valence-corrected chi connectivity index (χ3v) is 4.50. The maximum absolute atomic E-state index is 14.9. The van der Waals surface area contributed by atoms with E-state index >= 15 is 0 Å². The number of hydrogen-bond donors (Lipinski definition) is 1. The minimum atomic E-state index is -1.01. The molecule has 1 aliphatic rings. The summed E-state index contributed by atoms with van der Waals surface area (Å²) in [6, 6.07) is 9.61. The van der Waals surface area contributed by atoms with Crippen molar-refractivity contribution in [3.63, 3.8) is 0 Å². The number of amides is 1. The molecule has 148 valence electrons. The Morgan fingerprint density at radius 3 is 2.52 bits per heavy atom. The van der Waals surface area contributed by atoms with Crippen molar-refractivity contribution >= 4 is 12.1 Å². The van der Waals surface area contributed by atoms with Crippen LogP contribution in [-0.4, -0.2) is 40.8 Å². The highest BCUT2D eigenvalue weighted by Gasteiger charge is 2.32. The second-order valence-corrected chi connectivity index (χ2v) is 7.85. The van der Waals surface area contributed by atoms with Gasteiger partial charge in [-0.05, 0) is 57.6 Å². The zero-order valence-corrected chi connectivity index (χ0v) is 16.2. The maximum Gasteiger partial charge on any atom is 0.410 e. The number of halogens is 1. The van der Waals surface area contributed by atoms with E-state index in [4.69, 9.17) is 4.74 Å². The number of nitrogens with zero attached hydrogens (tertiary/aromatic N) is 1. The SMILES string of the molecule is CC(C)(C)OC(=O)N(CCc1ccccc1)C/C(F)=C1/CCCC1C(=O)O. The van der Waals surface area contributed by atoms with Gasteiger partial charge in [-0.15, -0.1) is 0 Å². The lowest BCUT2D eigenvalue weighted by Crippen LogP contribution is -2.39. The highest BCUT2D eigenvalue weighted by molar-refractivity contribution is 5.74. The summed E-state index contributed by atoms with van der Waals surface area (Å²) in [6.07, 6.45) is 1.47. The zero-order chi connectivity index (χ0) is 20.0. The largest absolute Gasteiger partial charge is 0.481 e. The second kappa shape index (κ2) is 9.02. The maximum atomic E-state index is 14.9. The van der Waals surface area contributed by atoms with Gasteiger partial charge in [-0.2, -0.15) is 0 Å². The first-order chi connectivity index (χ1) is 12.7. The van der Waals surface area contributed by atoms with Crippen molar-refractivity contribution in [2.24, 2.45) is 5.92 Å². The number of ether oxygens (including phenoxy) is 1. The predicted octanol–water partition coefficient (Wildman–Crippen LogP) is 4.57. The molecule has 0 spiro atoms. The van der Waals surface area contributed by atoms with Crippen LogP contribution in [0, 0.1) is 5.92 Å². The minimum absolute atomic E-state index is 0.263. The van der Waals surface area contributed by atoms with Gasteiger partial charge in [0.2, 0.25) is 0 Å². The number of carboxylic acid groups (broad SMARTS) is 1. The van der Waals surface area contributed by atoms with E-state index in [0.29, 0.717) is 31.3 Å². The summed E-state index contributed by atoms with van der Waals surface area (Å²) < 4.78 is 20.3. The molecule has 0 heterocycles. The van der Waals surface area contributed by atoms with Gasteiger partial charge in [0, 0.05) is 6.54 Å². The molecular formula is C21H28FNO4. The Bertz CT molecular complexity index is 694. The van der Waals surface area contributed by atoms with Gasteiger partial charge in [-0.25, -0.2) is 9.18 Å². The van der Waals surface area contributed by atoms with Crippen LogP contribution in [0.25, 0.3) is 0 Å². The van der Waals surface area contributed by atoms with Crippen molar-refractivity contribution in [2.75, 3.05) is 13.1 Å². The monoisotopic (exact) mass is 377 g/mol. The summed E-state index contributed by atoms with van der Waals surface area (Å²) in [5.41, 5.74) is 0.641. The molecule has 0 saturated heterocycles. The van der Waals surface area contributed by atoms with Gasteiger partial charge in [0.25, 0.3) is 0 Å². The lowest BCUT2D eigenvalue weighted by atomic mass is 10.0. The highest BCUT2D eigenvalue weighted by atomic mass is 19.1. The predicted molar refractivity (Wildman–Crippen MR) is 101 cm³/mol. The fourth-order valence-electron chi connectivity index (χ4n) is 3.18. The third kappa shape index (κ3) is 6.38. The molecule has 1 amide bonds. The first-order valence-electron chi connectivity index (χ1n) is 9.29. The number of benzene rings is 1. The topological polar surface area (TPSA) is 66.8 Å². The van der Waals surface area contributed by atoms with Crippen molar-refractivity contribution in [3.05, 3.63) is 47.3 Å².